The first-order valence-electron chi connectivity index (χ1n) is 6.12. The van der Waals surface area contributed by atoms with Crippen molar-refractivity contribution in [1.29, 1.82) is 0 Å². The Labute approximate surface area is 102 Å². The summed E-state index contributed by atoms with van der Waals surface area (Å²) >= 11 is 0. The topological polar surface area (TPSA) is 32.7 Å². The van der Waals surface area contributed by atoms with Crippen LogP contribution in [0.15, 0.2) is 35.3 Å². The maximum Gasteiger partial charge on any atom is 0.228 e. The van der Waals surface area contributed by atoms with Crippen molar-refractivity contribution >= 4 is 11.7 Å². The number of hydrogen-bond acceptors (Lipinski definition) is 2. The summed E-state index contributed by atoms with van der Waals surface area (Å²) in [6.07, 6.45) is 1.58. The zero-order chi connectivity index (χ0) is 12.3. The summed E-state index contributed by atoms with van der Waals surface area (Å²) in [5.74, 6) is 1.01. The van der Waals surface area contributed by atoms with Gasteiger partial charge in [-0.1, -0.05) is 30.3 Å². The smallest absolute Gasteiger partial charge is 0.228 e. The first kappa shape index (κ1) is 11.8. The minimum absolute atomic E-state index is 0.188. The van der Waals surface area contributed by atoms with Gasteiger partial charge >= 0.3 is 0 Å². The van der Waals surface area contributed by atoms with Crippen LogP contribution < -0.4 is 0 Å². The molecule has 90 valence electrons. The summed E-state index contributed by atoms with van der Waals surface area (Å²) in [7, 11) is 0. The average molecular weight is 230 g/mol. The maximum absolute atomic E-state index is 11.8. The molecular formula is C14H18N2O. The molecular weight excluding hydrogens is 212 g/mol. The minimum atomic E-state index is 0.188. The van der Waals surface area contributed by atoms with Crippen molar-refractivity contribution in [3.05, 3.63) is 35.9 Å². The lowest BCUT2D eigenvalue weighted by atomic mass is 10.2. The van der Waals surface area contributed by atoms with E-state index < -0.39 is 0 Å². The van der Waals surface area contributed by atoms with Gasteiger partial charge in [-0.15, -0.1) is 0 Å². The number of carbonyl (C=O) groups is 1. The van der Waals surface area contributed by atoms with E-state index in [1.54, 1.807) is 0 Å². The van der Waals surface area contributed by atoms with E-state index in [4.69, 9.17) is 0 Å². The largest absolute Gasteiger partial charge is 0.297 e. The zero-order valence-corrected chi connectivity index (χ0v) is 10.4. The second-order valence-electron chi connectivity index (χ2n) is 4.56. The summed E-state index contributed by atoms with van der Waals surface area (Å²) < 4.78 is 0. The third kappa shape index (κ3) is 2.73. The van der Waals surface area contributed by atoms with Gasteiger partial charge in [-0.3, -0.25) is 14.7 Å². The molecule has 0 aromatic heterocycles. The van der Waals surface area contributed by atoms with Crippen LogP contribution in [0.25, 0.3) is 0 Å². The predicted molar refractivity (Wildman–Crippen MR) is 69.1 cm³/mol. The van der Waals surface area contributed by atoms with Gasteiger partial charge in [0.15, 0.2) is 0 Å². The molecule has 0 aliphatic carbocycles. The lowest BCUT2D eigenvalue weighted by Crippen LogP contribution is -2.33. The third-order valence-corrected chi connectivity index (χ3v) is 2.74. The quantitative estimate of drug-likeness (QED) is 0.567. The van der Waals surface area contributed by atoms with E-state index >= 15 is 0 Å². The summed E-state index contributed by atoms with van der Waals surface area (Å²) in [6, 6.07) is 10.1. The first-order chi connectivity index (χ1) is 8.18. The molecule has 1 saturated heterocycles. The van der Waals surface area contributed by atoms with E-state index in [1.165, 1.54) is 0 Å². The molecule has 0 saturated carbocycles. The summed E-state index contributed by atoms with van der Waals surface area (Å²) in [4.78, 5) is 18.2. The van der Waals surface area contributed by atoms with Crippen molar-refractivity contribution in [3.63, 3.8) is 0 Å². The highest BCUT2D eigenvalue weighted by molar-refractivity contribution is 6.08. The lowest BCUT2D eigenvalue weighted by molar-refractivity contribution is -0.124. The van der Waals surface area contributed by atoms with Crippen molar-refractivity contribution in [1.82, 2.24) is 4.90 Å². The molecule has 0 spiro atoms. The van der Waals surface area contributed by atoms with Crippen LogP contribution in [0.1, 0.15) is 32.3 Å². The van der Waals surface area contributed by atoms with E-state index in [-0.39, 0.29) is 11.9 Å². The van der Waals surface area contributed by atoms with E-state index in [0.717, 1.165) is 24.4 Å². The normalized spacial score (nSPS) is 17.0. The Balaban J connectivity index is 2.35. The van der Waals surface area contributed by atoms with E-state index in [2.05, 4.69) is 4.99 Å². The molecule has 1 fully saturated rings. The fourth-order valence-electron chi connectivity index (χ4n) is 2.00. The van der Waals surface area contributed by atoms with Crippen LogP contribution in [-0.4, -0.2) is 29.2 Å². The van der Waals surface area contributed by atoms with Crippen LogP contribution >= 0.6 is 0 Å². The minimum Gasteiger partial charge on any atom is -0.297 e. The second-order valence-corrected chi connectivity index (χ2v) is 4.56. The van der Waals surface area contributed by atoms with Gasteiger partial charge in [-0.05, 0) is 20.3 Å². The Bertz CT molecular complexity index is 423. The molecule has 1 aromatic rings. The van der Waals surface area contributed by atoms with Crippen molar-refractivity contribution in [2.24, 2.45) is 4.99 Å². The number of aliphatic imine (C=N–C) groups is 1. The molecule has 3 heteroatoms. The Morgan fingerprint density at radius 1 is 1.29 bits per heavy atom. The van der Waals surface area contributed by atoms with E-state index in [9.17, 15) is 4.79 Å². The molecule has 2 rings (SSSR count). The predicted octanol–water partition coefficient (Wildman–Crippen LogP) is 2.46. The molecule has 1 aliphatic rings. The highest BCUT2D eigenvalue weighted by Gasteiger charge is 2.25. The van der Waals surface area contributed by atoms with Crippen LogP contribution in [0.5, 0.6) is 0 Å². The SMILES string of the molecule is CC(C)N=C(c1ccccc1)N1CCCC1=O. The monoisotopic (exact) mass is 230 g/mol. The van der Waals surface area contributed by atoms with Crippen molar-refractivity contribution < 1.29 is 4.79 Å². The Morgan fingerprint density at radius 2 is 2.00 bits per heavy atom. The van der Waals surface area contributed by atoms with Crippen molar-refractivity contribution in [3.8, 4) is 0 Å². The number of likely N-dealkylation sites (tertiary alicyclic amines) is 1. The molecule has 1 aromatic carbocycles. The molecule has 17 heavy (non-hydrogen) atoms. The van der Waals surface area contributed by atoms with Crippen LogP contribution in [0.2, 0.25) is 0 Å². The third-order valence-electron chi connectivity index (χ3n) is 2.74. The van der Waals surface area contributed by atoms with Gasteiger partial charge in [0.1, 0.15) is 5.84 Å². The van der Waals surface area contributed by atoms with Crippen LogP contribution in [-0.2, 0) is 4.79 Å². The standard InChI is InChI=1S/C14H18N2O/c1-11(2)15-14(12-7-4-3-5-8-12)16-10-6-9-13(16)17/h3-5,7-8,11H,6,9-10H2,1-2H3. The number of nitrogens with zero attached hydrogens (tertiary/aromatic N) is 2. The molecule has 0 radical (unpaired) electrons. The van der Waals surface area contributed by atoms with Gasteiger partial charge in [0, 0.05) is 24.6 Å². The van der Waals surface area contributed by atoms with Gasteiger partial charge in [-0.2, -0.15) is 0 Å². The fraction of sp³-hybridized carbons (Fsp3) is 0.429. The summed E-state index contributed by atoms with van der Waals surface area (Å²) in [5, 5.41) is 0. The molecule has 1 aliphatic heterocycles. The molecule has 0 unspecified atom stereocenters. The van der Waals surface area contributed by atoms with Gasteiger partial charge in [0.2, 0.25) is 5.91 Å². The second kappa shape index (κ2) is 5.13. The van der Waals surface area contributed by atoms with Crippen LogP contribution in [0.3, 0.4) is 0 Å². The van der Waals surface area contributed by atoms with Crippen molar-refractivity contribution in [2.75, 3.05) is 6.54 Å². The number of benzene rings is 1. The number of amides is 1. The summed E-state index contributed by atoms with van der Waals surface area (Å²) in [6.45, 7) is 4.85. The molecule has 3 nitrogen and oxygen atoms in total. The Hall–Kier alpha value is -1.64. The van der Waals surface area contributed by atoms with Gasteiger partial charge in [0.05, 0.1) is 0 Å². The zero-order valence-electron chi connectivity index (χ0n) is 10.4. The highest BCUT2D eigenvalue weighted by Crippen LogP contribution is 2.16. The average Bonchev–Trinajstić information content (AvgIpc) is 2.73. The molecule has 0 N–H and O–H groups in total. The van der Waals surface area contributed by atoms with E-state index in [1.807, 2.05) is 49.1 Å². The highest BCUT2D eigenvalue weighted by atomic mass is 16.2. The van der Waals surface area contributed by atoms with Crippen LogP contribution in [0, 0.1) is 0 Å². The molecule has 1 heterocycles. The van der Waals surface area contributed by atoms with Gasteiger partial charge < -0.3 is 0 Å². The Kier molecular flexibility index (Phi) is 3.57. The molecule has 0 bridgehead atoms. The number of rotatable bonds is 2. The number of carbonyl (C=O) groups excluding carboxylic acids is 1. The molecule has 0 atom stereocenters. The van der Waals surface area contributed by atoms with Crippen LogP contribution in [0.4, 0.5) is 0 Å². The van der Waals surface area contributed by atoms with E-state index in [0.29, 0.717) is 6.42 Å². The maximum atomic E-state index is 11.8. The Morgan fingerprint density at radius 3 is 2.53 bits per heavy atom. The fourth-order valence-corrected chi connectivity index (χ4v) is 2.00. The van der Waals surface area contributed by atoms with Gasteiger partial charge in [0.25, 0.3) is 0 Å². The number of hydrogen-bond donors (Lipinski definition) is 0. The molecule has 1 amide bonds. The van der Waals surface area contributed by atoms with Crippen molar-refractivity contribution in [2.45, 2.75) is 32.7 Å². The summed E-state index contributed by atoms with van der Waals surface area (Å²) in [5.41, 5.74) is 1.02. The lowest BCUT2D eigenvalue weighted by Gasteiger charge is -2.19. The number of amidine groups is 1. The van der Waals surface area contributed by atoms with Gasteiger partial charge in [-0.25, -0.2) is 0 Å². The first-order valence-corrected chi connectivity index (χ1v) is 6.12.